The SMILES string of the molecule is Cc1cc(C)c(C(=O)O)c(Oc2ccc(C(C)C)cc2)n1. The van der Waals surface area contributed by atoms with E-state index in [1.54, 1.807) is 13.0 Å². The summed E-state index contributed by atoms with van der Waals surface area (Å²) in [5.74, 6) is 0.124. The minimum Gasteiger partial charge on any atom is -0.477 e. The van der Waals surface area contributed by atoms with E-state index in [9.17, 15) is 9.90 Å². The Kier molecular flexibility index (Phi) is 4.26. The second-order valence-corrected chi connectivity index (χ2v) is 5.39. The van der Waals surface area contributed by atoms with Crippen LogP contribution >= 0.6 is 0 Å². The Labute approximate surface area is 124 Å². The van der Waals surface area contributed by atoms with E-state index in [1.807, 2.05) is 31.2 Å². The first-order valence-corrected chi connectivity index (χ1v) is 6.88. The van der Waals surface area contributed by atoms with E-state index in [4.69, 9.17) is 4.74 Å². The Morgan fingerprint density at radius 2 is 1.81 bits per heavy atom. The molecule has 110 valence electrons. The molecular weight excluding hydrogens is 266 g/mol. The minimum atomic E-state index is -1.03. The monoisotopic (exact) mass is 285 g/mol. The van der Waals surface area contributed by atoms with Crippen molar-refractivity contribution in [3.8, 4) is 11.6 Å². The lowest BCUT2D eigenvalue weighted by molar-refractivity contribution is 0.0692. The number of rotatable bonds is 4. The third-order valence-electron chi connectivity index (χ3n) is 3.29. The molecule has 1 heterocycles. The maximum absolute atomic E-state index is 11.4. The molecule has 0 atom stereocenters. The lowest BCUT2D eigenvalue weighted by Crippen LogP contribution is -2.06. The van der Waals surface area contributed by atoms with Crippen molar-refractivity contribution in [2.45, 2.75) is 33.6 Å². The number of carbonyl (C=O) groups is 1. The maximum atomic E-state index is 11.4. The number of aromatic nitrogens is 1. The fourth-order valence-electron chi connectivity index (χ4n) is 2.17. The largest absolute Gasteiger partial charge is 0.477 e. The van der Waals surface area contributed by atoms with Gasteiger partial charge in [-0.05, 0) is 49.1 Å². The quantitative estimate of drug-likeness (QED) is 0.909. The number of hydrogen-bond donors (Lipinski definition) is 1. The molecule has 1 N–H and O–H groups in total. The van der Waals surface area contributed by atoms with Gasteiger partial charge in [0.1, 0.15) is 11.3 Å². The molecule has 0 radical (unpaired) electrons. The summed E-state index contributed by atoms with van der Waals surface area (Å²) in [6, 6.07) is 9.35. The minimum absolute atomic E-state index is 0.105. The van der Waals surface area contributed by atoms with Crippen molar-refractivity contribution in [3.05, 3.63) is 52.7 Å². The summed E-state index contributed by atoms with van der Waals surface area (Å²) in [5, 5.41) is 9.31. The summed E-state index contributed by atoms with van der Waals surface area (Å²) in [5.41, 5.74) is 2.68. The fourth-order valence-corrected chi connectivity index (χ4v) is 2.17. The highest BCUT2D eigenvalue weighted by atomic mass is 16.5. The van der Waals surface area contributed by atoms with Crippen LogP contribution in [0.1, 0.15) is 46.9 Å². The average Bonchev–Trinajstić information content (AvgIpc) is 2.37. The molecule has 0 aliphatic rings. The van der Waals surface area contributed by atoms with Gasteiger partial charge in [0.25, 0.3) is 0 Å². The van der Waals surface area contributed by atoms with E-state index in [2.05, 4.69) is 18.8 Å². The second-order valence-electron chi connectivity index (χ2n) is 5.39. The predicted molar refractivity (Wildman–Crippen MR) is 81.3 cm³/mol. The van der Waals surface area contributed by atoms with Crippen molar-refractivity contribution < 1.29 is 14.6 Å². The van der Waals surface area contributed by atoms with E-state index < -0.39 is 5.97 Å². The van der Waals surface area contributed by atoms with Crippen molar-refractivity contribution in [3.63, 3.8) is 0 Å². The van der Waals surface area contributed by atoms with Crippen LogP contribution in [-0.4, -0.2) is 16.1 Å². The third kappa shape index (κ3) is 3.40. The van der Waals surface area contributed by atoms with Crippen molar-refractivity contribution in [1.82, 2.24) is 4.98 Å². The van der Waals surface area contributed by atoms with E-state index in [1.165, 1.54) is 5.56 Å². The highest BCUT2D eigenvalue weighted by Crippen LogP contribution is 2.27. The molecule has 0 saturated heterocycles. The Balaban J connectivity index is 2.37. The predicted octanol–water partition coefficient (Wildman–Crippen LogP) is 4.31. The molecule has 1 aromatic carbocycles. The smallest absolute Gasteiger partial charge is 0.341 e. The summed E-state index contributed by atoms with van der Waals surface area (Å²) in [4.78, 5) is 15.6. The topological polar surface area (TPSA) is 59.4 Å². The van der Waals surface area contributed by atoms with E-state index in [0.29, 0.717) is 17.2 Å². The molecule has 4 heteroatoms. The standard InChI is InChI=1S/C17H19NO3/c1-10(2)13-5-7-14(8-6-13)21-16-15(17(19)20)11(3)9-12(4)18-16/h5-10H,1-4H3,(H,19,20). The van der Waals surface area contributed by atoms with Gasteiger partial charge in [0, 0.05) is 5.69 Å². The molecule has 4 nitrogen and oxygen atoms in total. The molecule has 0 aliphatic carbocycles. The molecule has 2 rings (SSSR count). The van der Waals surface area contributed by atoms with Gasteiger partial charge in [-0.1, -0.05) is 26.0 Å². The summed E-state index contributed by atoms with van der Waals surface area (Å²) in [6.45, 7) is 7.79. The summed E-state index contributed by atoms with van der Waals surface area (Å²) in [6.07, 6.45) is 0. The summed E-state index contributed by atoms with van der Waals surface area (Å²) >= 11 is 0. The summed E-state index contributed by atoms with van der Waals surface area (Å²) < 4.78 is 5.68. The first-order valence-electron chi connectivity index (χ1n) is 6.88. The number of carboxylic acid groups (broad SMARTS) is 1. The number of carboxylic acids is 1. The number of benzene rings is 1. The van der Waals surface area contributed by atoms with Crippen molar-refractivity contribution in [2.75, 3.05) is 0 Å². The Morgan fingerprint density at radius 3 is 2.33 bits per heavy atom. The molecule has 2 aromatic rings. The Hall–Kier alpha value is -2.36. The normalized spacial score (nSPS) is 10.7. The number of nitrogens with zero attached hydrogens (tertiary/aromatic N) is 1. The lowest BCUT2D eigenvalue weighted by atomic mass is 10.0. The van der Waals surface area contributed by atoms with Crippen LogP contribution in [0.15, 0.2) is 30.3 Å². The molecule has 0 bridgehead atoms. The van der Waals surface area contributed by atoms with Gasteiger partial charge in [-0.3, -0.25) is 0 Å². The van der Waals surface area contributed by atoms with Gasteiger partial charge in [-0.15, -0.1) is 0 Å². The van der Waals surface area contributed by atoms with Crippen molar-refractivity contribution >= 4 is 5.97 Å². The van der Waals surface area contributed by atoms with Crippen LogP contribution in [0.2, 0.25) is 0 Å². The third-order valence-corrected chi connectivity index (χ3v) is 3.29. The molecule has 1 aromatic heterocycles. The zero-order chi connectivity index (χ0) is 15.6. The number of aromatic carboxylic acids is 1. The van der Waals surface area contributed by atoms with Crippen LogP contribution in [0.4, 0.5) is 0 Å². The van der Waals surface area contributed by atoms with Gasteiger partial charge in [0.05, 0.1) is 0 Å². The number of pyridine rings is 1. The molecule has 0 fully saturated rings. The van der Waals surface area contributed by atoms with Crippen molar-refractivity contribution in [1.29, 1.82) is 0 Å². The molecule has 0 spiro atoms. The van der Waals surface area contributed by atoms with Gasteiger partial charge in [-0.25, -0.2) is 9.78 Å². The van der Waals surface area contributed by atoms with Crippen molar-refractivity contribution in [2.24, 2.45) is 0 Å². The summed E-state index contributed by atoms with van der Waals surface area (Å²) in [7, 11) is 0. The van der Waals surface area contributed by atoms with Gasteiger partial charge in [0.15, 0.2) is 0 Å². The fraction of sp³-hybridized carbons (Fsp3) is 0.294. The van der Waals surface area contributed by atoms with Crippen LogP contribution in [0.5, 0.6) is 11.6 Å². The second kappa shape index (κ2) is 5.95. The molecule has 0 unspecified atom stereocenters. The highest BCUT2D eigenvalue weighted by molar-refractivity contribution is 5.92. The molecule has 0 saturated carbocycles. The van der Waals surface area contributed by atoms with E-state index in [0.717, 1.165) is 5.69 Å². The maximum Gasteiger partial charge on any atom is 0.341 e. The van der Waals surface area contributed by atoms with Gasteiger partial charge >= 0.3 is 5.97 Å². The highest BCUT2D eigenvalue weighted by Gasteiger charge is 2.17. The molecule has 0 aliphatic heterocycles. The Morgan fingerprint density at radius 1 is 1.19 bits per heavy atom. The van der Waals surface area contributed by atoms with Gasteiger partial charge < -0.3 is 9.84 Å². The number of hydrogen-bond acceptors (Lipinski definition) is 3. The lowest BCUT2D eigenvalue weighted by Gasteiger charge is -2.12. The zero-order valence-corrected chi connectivity index (χ0v) is 12.7. The van der Waals surface area contributed by atoms with Crippen LogP contribution in [0.3, 0.4) is 0 Å². The number of ether oxygens (including phenoxy) is 1. The molecule has 21 heavy (non-hydrogen) atoms. The Bertz CT molecular complexity index is 660. The molecular formula is C17H19NO3. The van der Waals surface area contributed by atoms with Crippen LogP contribution in [-0.2, 0) is 0 Å². The van der Waals surface area contributed by atoms with E-state index >= 15 is 0 Å². The van der Waals surface area contributed by atoms with Gasteiger partial charge in [0.2, 0.25) is 5.88 Å². The average molecular weight is 285 g/mol. The van der Waals surface area contributed by atoms with Crippen LogP contribution < -0.4 is 4.74 Å². The van der Waals surface area contributed by atoms with Gasteiger partial charge in [-0.2, -0.15) is 0 Å². The number of aryl methyl sites for hydroxylation is 2. The van der Waals surface area contributed by atoms with Crippen LogP contribution in [0.25, 0.3) is 0 Å². The zero-order valence-electron chi connectivity index (χ0n) is 12.7. The van der Waals surface area contributed by atoms with Crippen LogP contribution in [0, 0.1) is 13.8 Å². The van der Waals surface area contributed by atoms with E-state index in [-0.39, 0.29) is 11.4 Å². The molecule has 0 amide bonds. The first-order chi connectivity index (χ1) is 9.88. The first kappa shape index (κ1) is 15.0.